The molecule has 1 aliphatic carbocycles. The molecular formula is C12H17F3N2O. The lowest BCUT2D eigenvalue weighted by Crippen LogP contribution is -2.30. The van der Waals surface area contributed by atoms with Gasteiger partial charge in [0.25, 0.3) is 0 Å². The predicted octanol–water partition coefficient (Wildman–Crippen LogP) is 2.85. The van der Waals surface area contributed by atoms with Gasteiger partial charge in [-0.15, -0.1) is 0 Å². The van der Waals surface area contributed by atoms with Crippen LogP contribution in [0.2, 0.25) is 0 Å². The standard InChI is InChI=1S/C12H17F3N2O/c13-12(14,15)11(18)8-9-6-7-17(16-9)10-4-2-1-3-5-10/h6-7,10-11,18H,1-5,8H2/t11-/m1/s1. The first-order valence-electron chi connectivity index (χ1n) is 6.25. The molecule has 1 fully saturated rings. The highest BCUT2D eigenvalue weighted by Crippen LogP contribution is 2.28. The van der Waals surface area contributed by atoms with Crippen LogP contribution in [0.15, 0.2) is 12.3 Å². The second-order valence-corrected chi connectivity index (χ2v) is 4.84. The van der Waals surface area contributed by atoms with Crippen molar-refractivity contribution in [2.75, 3.05) is 0 Å². The van der Waals surface area contributed by atoms with Gasteiger partial charge in [0.1, 0.15) is 0 Å². The second kappa shape index (κ2) is 5.30. The summed E-state index contributed by atoms with van der Waals surface area (Å²) in [5.74, 6) is 0. The van der Waals surface area contributed by atoms with E-state index in [-0.39, 0.29) is 0 Å². The highest BCUT2D eigenvalue weighted by Gasteiger charge is 2.38. The van der Waals surface area contributed by atoms with E-state index in [0.717, 1.165) is 25.7 Å². The zero-order valence-electron chi connectivity index (χ0n) is 10.0. The largest absolute Gasteiger partial charge is 0.414 e. The van der Waals surface area contributed by atoms with Crippen molar-refractivity contribution in [2.24, 2.45) is 0 Å². The van der Waals surface area contributed by atoms with E-state index in [9.17, 15) is 13.2 Å². The number of alkyl halides is 3. The van der Waals surface area contributed by atoms with Crippen molar-refractivity contribution in [1.82, 2.24) is 9.78 Å². The summed E-state index contributed by atoms with van der Waals surface area (Å²) < 4.78 is 38.4. The SMILES string of the molecule is O[C@H](Cc1ccn(C2CCCCC2)n1)C(F)(F)F. The molecule has 0 aromatic carbocycles. The van der Waals surface area contributed by atoms with E-state index in [1.807, 2.05) is 0 Å². The first kappa shape index (κ1) is 13.4. The number of rotatable bonds is 3. The van der Waals surface area contributed by atoms with E-state index in [0.29, 0.717) is 11.7 Å². The first-order chi connectivity index (χ1) is 8.47. The van der Waals surface area contributed by atoms with Crippen LogP contribution < -0.4 is 0 Å². The van der Waals surface area contributed by atoms with Gasteiger partial charge in [-0.25, -0.2) is 0 Å². The van der Waals surface area contributed by atoms with Crippen LogP contribution >= 0.6 is 0 Å². The fourth-order valence-corrected chi connectivity index (χ4v) is 2.35. The predicted molar refractivity (Wildman–Crippen MR) is 60.1 cm³/mol. The Morgan fingerprint density at radius 3 is 2.61 bits per heavy atom. The number of hydrogen-bond acceptors (Lipinski definition) is 2. The number of nitrogens with zero attached hydrogens (tertiary/aromatic N) is 2. The summed E-state index contributed by atoms with van der Waals surface area (Å²) in [6, 6.07) is 1.86. The third kappa shape index (κ3) is 3.25. The lowest BCUT2D eigenvalue weighted by Gasteiger charge is -2.21. The monoisotopic (exact) mass is 262 g/mol. The summed E-state index contributed by atoms with van der Waals surface area (Å²) >= 11 is 0. The van der Waals surface area contributed by atoms with Crippen LogP contribution in [0.5, 0.6) is 0 Å². The summed E-state index contributed by atoms with van der Waals surface area (Å²) in [5, 5.41) is 13.1. The van der Waals surface area contributed by atoms with Crippen LogP contribution in [0.1, 0.15) is 43.8 Å². The van der Waals surface area contributed by atoms with Gasteiger partial charge in [0.2, 0.25) is 0 Å². The van der Waals surface area contributed by atoms with Crippen LogP contribution in [-0.2, 0) is 6.42 Å². The average molecular weight is 262 g/mol. The van der Waals surface area contributed by atoms with Crippen LogP contribution in [0, 0.1) is 0 Å². The number of aliphatic hydroxyl groups is 1. The molecule has 1 aliphatic rings. The molecule has 2 rings (SSSR count). The molecule has 1 saturated carbocycles. The molecule has 3 nitrogen and oxygen atoms in total. The minimum absolute atomic E-state index is 0.297. The maximum Gasteiger partial charge on any atom is 0.414 e. The minimum atomic E-state index is -4.57. The zero-order chi connectivity index (χ0) is 13.2. The number of halogens is 3. The van der Waals surface area contributed by atoms with E-state index >= 15 is 0 Å². The number of aliphatic hydroxyl groups excluding tert-OH is 1. The Bertz CT molecular complexity index is 383. The molecular weight excluding hydrogens is 245 g/mol. The average Bonchev–Trinajstić information content (AvgIpc) is 2.77. The van der Waals surface area contributed by atoms with Crippen LogP contribution in [0.3, 0.4) is 0 Å². The molecule has 0 unspecified atom stereocenters. The van der Waals surface area contributed by atoms with Gasteiger partial charge in [0.05, 0.1) is 11.7 Å². The van der Waals surface area contributed by atoms with Crippen molar-refractivity contribution in [3.63, 3.8) is 0 Å². The van der Waals surface area contributed by atoms with Gasteiger partial charge in [-0.2, -0.15) is 18.3 Å². The molecule has 102 valence electrons. The second-order valence-electron chi connectivity index (χ2n) is 4.84. The van der Waals surface area contributed by atoms with E-state index < -0.39 is 18.7 Å². The summed E-state index contributed by atoms with van der Waals surface area (Å²) in [4.78, 5) is 0. The molecule has 0 aliphatic heterocycles. The van der Waals surface area contributed by atoms with Crippen molar-refractivity contribution in [3.8, 4) is 0 Å². The first-order valence-corrected chi connectivity index (χ1v) is 6.25. The highest BCUT2D eigenvalue weighted by atomic mass is 19.4. The fraction of sp³-hybridized carbons (Fsp3) is 0.750. The Labute approximate surface area is 104 Å². The van der Waals surface area contributed by atoms with Crippen LogP contribution in [-0.4, -0.2) is 27.2 Å². The molecule has 0 spiro atoms. The lowest BCUT2D eigenvalue weighted by molar-refractivity contribution is -0.203. The van der Waals surface area contributed by atoms with E-state index in [1.54, 1.807) is 16.9 Å². The fourth-order valence-electron chi connectivity index (χ4n) is 2.35. The summed E-state index contributed by atoms with van der Waals surface area (Å²) in [5.41, 5.74) is 0.297. The normalized spacial score (nSPS) is 20.0. The van der Waals surface area contributed by atoms with E-state index in [1.165, 1.54) is 6.42 Å². The smallest absolute Gasteiger partial charge is 0.383 e. The third-order valence-electron chi connectivity index (χ3n) is 3.39. The van der Waals surface area contributed by atoms with Crippen molar-refractivity contribution in [1.29, 1.82) is 0 Å². The molecule has 1 heterocycles. The van der Waals surface area contributed by atoms with Gasteiger partial charge in [0.15, 0.2) is 6.10 Å². The molecule has 18 heavy (non-hydrogen) atoms. The van der Waals surface area contributed by atoms with E-state index in [2.05, 4.69) is 5.10 Å². The summed E-state index contributed by atoms with van der Waals surface area (Å²) in [7, 11) is 0. The maximum absolute atomic E-state index is 12.2. The molecule has 0 bridgehead atoms. The Balaban J connectivity index is 1.97. The molecule has 0 amide bonds. The molecule has 6 heteroatoms. The quantitative estimate of drug-likeness (QED) is 0.909. The van der Waals surface area contributed by atoms with Gasteiger partial charge in [0, 0.05) is 12.6 Å². The Kier molecular flexibility index (Phi) is 3.94. The third-order valence-corrected chi connectivity index (χ3v) is 3.39. The molecule has 0 saturated heterocycles. The number of aromatic nitrogens is 2. The van der Waals surface area contributed by atoms with Gasteiger partial charge in [-0.3, -0.25) is 4.68 Å². The van der Waals surface area contributed by atoms with Gasteiger partial charge in [-0.1, -0.05) is 19.3 Å². The van der Waals surface area contributed by atoms with Crippen molar-refractivity contribution < 1.29 is 18.3 Å². The van der Waals surface area contributed by atoms with Crippen LogP contribution in [0.25, 0.3) is 0 Å². The minimum Gasteiger partial charge on any atom is -0.383 e. The van der Waals surface area contributed by atoms with Gasteiger partial charge >= 0.3 is 6.18 Å². The lowest BCUT2D eigenvalue weighted by atomic mass is 9.96. The Morgan fingerprint density at radius 2 is 2.00 bits per heavy atom. The van der Waals surface area contributed by atoms with Gasteiger partial charge < -0.3 is 5.11 Å². The molecule has 1 aromatic rings. The van der Waals surface area contributed by atoms with E-state index in [4.69, 9.17) is 5.11 Å². The highest BCUT2D eigenvalue weighted by molar-refractivity contribution is 5.02. The molecule has 0 radical (unpaired) electrons. The zero-order valence-corrected chi connectivity index (χ0v) is 10.0. The van der Waals surface area contributed by atoms with Crippen molar-refractivity contribution in [2.45, 2.75) is 56.8 Å². The molecule has 1 N–H and O–H groups in total. The summed E-state index contributed by atoms with van der Waals surface area (Å²) in [6.07, 6.45) is -0.0850. The molecule has 1 aromatic heterocycles. The maximum atomic E-state index is 12.2. The summed E-state index contributed by atoms with van der Waals surface area (Å²) in [6.45, 7) is 0. The van der Waals surface area contributed by atoms with Crippen LogP contribution in [0.4, 0.5) is 13.2 Å². The van der Waals surface area contributed by atoms with Gasteiger partial charge in [-0.05, 0) is 18.9 Å². The van der Waals surface area contributed by atoms with Crippen molar-refractivity contribution >= 4 is 0 Å². The molecule has 1 atom stereocenters. The Morgan fingerprint density at radius 1 is 1.33 bits per heavy atom. The number of hydrogen-bond donors (Lipinski definition) is 1. The Hall–Kier alpha value is -1.04. The van der Waals surface area contributed by atoms with Crippen molar-refractivity contribution in [3.05, 3.63) is 18.0 Å². The topological polar surface area (TPSA) is 38.0 Å².